The first kappa shape index (κ1) is 29.8. The minimum atomic E-state index is -0.496. The molecule has 0 atom stereocenters. The number of rotatable bonds is 13. The van der Waals surface area contributed by atoms with Crippen molar-refractivity contribution < 1.29 is 28.2 Å². The van der Waals surface area contributed by atoms with E-state index in [1.807, 2.05) is 6.07 Å². The minimum absolute atomic E-state index is 0.371. The number of nitriles is 1. The third-order valence-electron chi connectivity index (χ3n) is 6.50. The zero-order chi connectivity index (χ0) is 29.7. The highest BCUT2D eigenvalue weighted by atomic mass is 19.1. The molecule has 0 saturated heterocycles. The van der Waals surface area contributed by atoms with Crippen LogP contribution in [0.4, 0.5) is 4.39 Å². The van der Waals surface area contributed by atoms with Gasteiger partial charge < -0.3 is 14.2 Å². The van der Waals surface area contributed by atoms with Gasteiger partial charge in [0.25, 0.3) is 0 Å². The predicted molar refractivity (Wildman–Crippen MR) is 159 cm³/mol. The van der Waals surface area contributed by atoms with E-state index in [4.69, 9.17) is 19.5 Å². The molecule has 0 aliphatic rings. The Morgan fingerprint density at radius 1 is 0.762 bits per heavy atom. The van der Waals surface area contributed by atoms with Crippen LogP contribution in [0.15, 0.2) is 104 Å². The maximum Gasteiger partial charge on any atom is 0.343 e. The quantitative estimate of drug-likeness (QED) is 0.0711. The maximum absolute atomic E-state index is 14.9. The molecule has 42 heavy (non-hydrogen) atoms. The molecule has 4 aromatic carbocycles. The Bertz CT molecular complexity index is 1560. The number of hydrogen-bond acceptors (Lipinski definition) is 6. The number of nitrogens with zero attached hydrogens (tertiary/aromatic N) is 1. The third-order valence-corrected chi connectivity index (χ3v) is 6.50. The lowest BCUT2D eigenvalue weighted by molar-refractivity contribution is -0.137. The molecular formula is C35H30FNO5. The zero-order valence-corrected chi connectivity index (χ0v) is 23.1. The molecule has 212 valence electrons. The summed E-state index contributed by atoms with van der Waals surface area (Å²) in [6, 6.07) is 27.4. The summed E-state index contributed by atoms with van der Waals surface area (Å²) in [7, 11) is 0. The number of esters is 2. The first-order chi connectivity index (χ1) is 20.5. The Labute approximate surface area is 244 Å². The van der Waals surface area contributed by atoms with E-state index >= 15 is 0 Å². The minimum Gasteiger partial charge on any atom is -0.494 e. The first-order valence-corrected chi connectivity index (χ1v) is 13.6. The molecule has 4 rings (SSSR count). The highest BCUT2D eigenvalue weighted by molar-refractivity contribution is 5.91. The lowest BCUT2D eigenvalue weighted by Crippen LogP contribution is -2.08. The van der Waals surface area contributed by atoms with Gasteiger partial charge in [0.05, 0.1) is 30.4 Å². The average Bonchev–Trinajstić information content (AvgIpc) is 3.02. The molecule has 4 aromatic rings. The van der Waals surface area contributed by atoms with Crippen LogP contribution < -0.4 is 9.47 Å². The zero-order valence-electron chi connectivity index (χ0n) is 23.1. The Kier molecular flexibility index (Phi) is 10.6. The summed E-state index contributed by atoms with van der Waals surface area (Å²) in [6.07, 6.45) is 4.70. The highest BCUT2D eigenvalue weighted by Crippen LogP contribution is 2.29. The fraction of sp³-hybridized carbons (Fsp3) is 0.171. The number of unbranched alkanes of at least 4 members (excludes halogenated alkanes) is 3. The smallest absolute Gasteiger partial charge is 0.343 e. The van der Waals surface area contributed by atoms with Crippen molar-refractivity contribution in [3.63, 3.8) is 0 Å². The van der Waals surface area contributed by atoms with Crippen molar-refractivity contribution in [1.29, 1.82) is 5.26 Å². The standard InChI is InChI=1S/C35H30FNO5/c1-2-34(38)41-22-6-4-3-5-21-40-30-16-13-28(14-17-30)35(39)42-31-18-11-26(12-19-31)29-15-20-32(33(36)23-29)27-9-7-25(24-37)8-10-27/h2,7-20,23H,1,3-6,21-22H2. The van der Waals surface area contributed by atoms with Gasteiger partial charge in [0, 0.05) is 11.6 Å². The second-order valence-corrected chi connectivity index (χ2v) is 9.46. The first-order valence-electron chi connectivity index (χ1n) is 13.6. The van der Waals surface area contributed by atoms with E-state index in [-0.39, 0.29) is 5.82 Å². The number of hydrogen-bond donors (Lipinski definition) is 0. The van der Waals surface area contributed by atoms with Crippen LogP contribution in [0.2, 0.25) is 0 Å². The second kappa shape index (κ2) is 15.0. The van der Waals surface area contributed by atoms with Crippen LogP contribution in [0.3, 0.4) is 0 Å². The largest absolute Gasteiger partial charge is 0.494 e. The molecule has 0 radical (unpaired) electrons. The van der Waals surface area contributed by atoms with Crippen molar-refractivity contribution >= 4 is 11.9 Å². The van der Waals surface area contributed by atoms with Crippen molar-refractivity contribution in [3.8, 4) is 39.8 Å². The number of benzene rings is 4. The van der Waals surface area contributed by atoms with Crippen molar-refractivity contribution in [1.82, 2.24) is 0 Å². The number of ether oxygens (including phenoxy) is 3. The summed E-state index contributed by atoms with van der Waals surface area (Å²) in [5, 5.41) is 8.96. The molecule has 0 saturated carbocycles. The van der Waals surface area contributed by atoms with Gasteiger partial charge in [0.1, 0.15) is 17.3 Å². The van der Waals surface area contributed by atoms with E-state index in [2.05, 4.69) is 12.6 Å². The maximum atomic E-state index is 14.9. The molecular weight excluding hydrogens is 533 g/mol. The van der Waals surface area contributed by atoms with Crippen molar-refractivity contribution in [2.75, 3.05) is 13.2 Å². The fourth-order valence-electron chi connectivity index (χ4n) is 4.20. The molecule has 0 fully saturated rings. The van der Waals surface area contributed by atoms with Crippen LogP contribution in [-0.2, 0) is 9.53 Å². The van der Waals surface area contributed by atoms with Crippen molar-refractivity contribution in [2.45, 2.75) is 25.7 Å². The topological polar surface area (TPSA) is 85.6 Å². The molecule has 0 aliphatic heterocycles. The molecule has 0 unspecified atom stereocenters. The average molecular weight is 564 g/mol. The summed E-state index contributed by atoms with van der Waals surface area (Å²) in [5.41, 5.74) is 3.51. The summed E-state index contributed by atoms with van der Waals surface area (Å²) >= 11 is 0. The van der Waals surface area contributed by atoms with Crippen molar-refractivity contribution in [3.05, 3.63) is 121 Å². The summed E-state index contributed by atoms with van der Waals surface area (Å²) in [4.78, 5) is 23.6. The van der Waals surface area contributed by atoms with Gasteiger partial charge in [0.2, 0.25) is 0 Å². The summed E-state index contributed by atoms with van der Waals surface area (Å²) in [5.74, 6) is -0.236. The van der Waals surface area contributed by atoms with Crippen molar-refractivity contribution in [2.24, 2.45) is 0 Å². The molecule has 0 bridgehead atoms. The molecule has 0 amide bonds. The van der Waals surface area contributed by atoms with E-state index in [1.165, 1.54) is 6.07 Å². The van der Waals surface area contributed by atoms with E-state index in [1.54, 1.807) is 78.9 Å². The van der Waals surface area contributed by atoms with Crippen LogP contribution in [0, 0.1) is 17.1 Å². The Morgan fingerprint density at radius 3 is 2.02 bits per heavy atom. The molecule has 0 aliphatic carbocycles. The molecule has 0 aromatic heterocycles. The number of carbonyl (C=O) groups excluding carboxylic acids is 2. The fourth-order valence-corrected chi connectivity index (χ4v) is 4.20. The van der Waals surface area contributed by atoms with E-state index in [0.29, 0.717) is 52.5 Å². The number of halogens is 1. The Morgan fingerprint density at radius 2 is 1.38 bits per heavy atom. The van der Waals surface area contributed by atoms with Gasteiger partial charge in [0.15, 0.2) is 0 Å². The molecule has 0 heterocycles. The molecule has 0 spiro atoms. The van der Waals surface area contributed by atoms with Gasteiger partial charge >= 0.3 is 11.9 Å². The van der Waals surface area contributed by atoms with Crippen LogP contribution >= 0.6 is 0 Å². The lowest BCUT2D eigenvalue weighted by atomic mass is 9.99. The number of carbonyl (C=O) groups is 2. The van der Waals surface area contributed by atoms with Gasteiger partial charge in [-0.05, 0) is 97.0 Å². The SMILES string of the molecule is C=CC(=O)OCCCCCCOc1ccc(C(=O)Oc2ccc(-c3ccc(-c4ccc(C#N)cc4)c(F)c3)cc2)cc1. The van der Waals surface area contributed by atoms with E-state index in [0.717, 1.165) is 37.3 Å². The summed E-state index contributed by atoms with van der Waals surface area (Å²) < 4.78 is 31.1. The monoisotopic (exact) mass is 563 g/mol. The van der Waals surface area contributed by atoms with E-state index in [9.17, 15) is 14.0 Å². The van der Waals surface area contributed by atoms with Crippen LogP contribution in [0.25, 0.3) is 22.3 Å². The van der Waals surface area contributed by atoms with Crippen LogP contribution in [0.5, 0.6) is 11.5 Å². The lowest BCUT2D eigenvalue weighted by Gasteiger charge is -2.09. The second-order valence-electron chi connectivity index (χ2n) is 9.46. The van der Waals surface area contributed by atoms with Crippen LogP contribution in [0.1, 0.15) is 41.6 Å². The Balaban J connectivity index is 1.24. The molecule has 0 N–H and O–H groups in total. The van der Waals surface area contributed by atoms with E-state index < -0.39 is 11.9 Å². The van der Waals surface area contributed by atoms with Gasteiger partial charge in [-0.2, -0.15) is 5.26 Å². The normalized spacial score (nSPS) is 10.4. The highest BCUT2D eigenvalue weighted by Gasteiger charge is 2.11. The van der Waals surface area contributed by atoms with Gasteiger partial charge in [-0.25, -0.2) is 14.0 Å². The van der Waals surface area contributed by atoms with Gasteiger partial charge in [-0.15, -0.1) is 0 Å². The Hall–Kier alpha value is -5.22. The molecule has 6 nitrogen and oxygen atoms in total. The van der Waals surface area contributed by atoms with Crippen LogP contribution in [-0.4, -0.2) is 25.2 Å². The van der Waals surface area contributed by atoms with Gasteiger partial charge in [-0.3, -0.25) is 0 Å². The summed E-state index contributed by atoms with van der Waals surface area (Å²) in [6.45, 7) is 4.30. The molecule has 7 heteroatoms. The predicted octanol–water partition coefficient (Wildman–Crippen LogP) is 7.92. The third kappa shape index (κ3) is 8.39. The van der Waals surface area contributed by atoms with Gasteiger partial charge in [-0.1, -0.05) is 43.0 Å².